The summed E-state index contributed by atoms with van der Waals surface area (Å²) in [5.41, 5.74) is 14.6. The first-order valence-corrected chi connectivity index (χ1v) is 12.6. The smallest absolute Gasteiger partial charge is 0.423 e. The molecule has 0 saturated heterocycles. The summed E-state index contributed by atoms with van der Waals surface area (Å²) in [4.78, 5) is 0. The van der Waals surface area contributed by atoms with E-state index in [0.717, 1.165) is 49.6 Å². The van der Waals surface area contributed by atoms with Crippen LogP contribution in [0, 0.1) is 11.3 Å². The minimum atomic E-state index is -1.53. The van der Waals surface area contributed by atoms with Crippen molar-refractivity contribution in [2.24, 2.45) is 0 Å². The Balaban J connectivity index is 1.89. The summed E-state index contributed by atoms with van der Waals surface area (Å²) in [7, 11) is 13.2. The van der Waals surface area contributed by atoms with E-state index in [1.165, 1.54) is 27.2 Å². The van der Waals surface area contributed by atoms with Gasteiger partial charge >= 0.3 is 7.12 Å². The number of benzene rings is 4. The van der Waals surface area contributed by atoms with Crippen LogP contribution in [0.1, 0.15) is 5.56 Å². The van der Waals surface area contributed by atoms with Crippen molar-refractivity contribution in [1.29, 1.82) is 5.26 Å². The predicted octanol–water partition coefficient (Wildman–Crippen LogP) is -8.19. The van der Waals surface area contributed by atoms with E-state index in [1.54, 1.807) is 0 Å². The van der Waals surface area contributed by atoms with Crippen LogP contribution in [-0.4, -0.2) is 76.7 Å². The number of fused-ring (bicyclic) bond motifs is 3. The Kier molecular flexibility index (Phi) is 6.26. The second-order valence-corrected chi connectivity index (χ2v) is 10.2. The van der Waals surface area contributed by atoms with Crippen LogP contribution in [0.25, 0.3) is 38.6 Å². The molecule has 0 radical (unpaired) electrons. The summed E-state index contributed by atoms with van der Waals surface area (Å²) in [5.74, 6) is 0. The second-order valence-electron chi connectivity index (χ2n) is 10.2. The van der Waals surface area contributed by atoms with Crippen molar-refractivity contribution >= 4 is 128 Å². The Morgan fingerprint density at radius 2 is 1.05 bits per heavy atom. The predicted molar refractivity (Wildman–Crippen MR) is 178 cm³/mol. The number of hydrogen-bond acceptors (Lipinski definition) is 3. The van der Waals surface area contributed by atoms with E-state index in [4.69, 9.17) is 5.26 Å². The number of hydrogen-bond donors (Lipinski definition) is 2. The van der Waals surface area contributed by atoms with E-state index >= 15 is 0 Å². The first-order chi connectivity index (χ1) is 17.6. The van der Waals surface area contributed by atoms with Gasteiger partial charge in [0.05, 0.1) is 11.6 Å². The van der Waals surface area contributed by atoms with Gasteiger partial charge in [-0.25, -0.2) is 0 Å². The van der Waals surface area contributed by atoms with Gasteiger partial charge in [-0.1, -0.05) is 57.0 Å². The molecular weight excluding hydrogens is 447 g/mol. The zero-order valence-corrected chi connectivity index (χ0v) is 22.5. The molecule has 4 aromatic carbocycles. The summed E-state index contributed by atoms with van der Waals surface area (Å²) in [6.45, 7) is 0. The topological polar surface area (TPSA) is 69.2 Å². The highest BCUT2D eigenvalue weighted by Gasteiger charge is 2.27. The quantitative estimate of drug-likeness (QED) is 0.257. The number of nitriles is 1. The van der Waals surface area contributed by atoms with Crippen molar-refractivity contribution in [3.8, 4) is 22.9 Å². The fraction of sp³-hybridized carbons (Fsp3) is 0. The maximum Gasteiger partial charge on any atom is 0.487 e. The van der Waals surface area contributed by atoms with Crippen molar-refractivity contribution in [3.63, 3.8) is 0 Å². The molecule has 0 bridgehead atoms. The molecule has 5 rings (SSSR count). The van der Waals surface area contributed by atoms with Gasteiger partial charge in [0.1, 0.15) is 54.9 Å². The van der Waals surface area contributed by atoms with E-state index < -0.39 is 7.12 Å². The van der Waals surface area contributed by atoms with Gasteiger partial charge in [-0.05, 0) is 51.6 Å². The van der Waals surface area contributed by atoms with Crippen LogP contribution in [0.4, 0.5) is 0 Å². The molecule has 1 heterocycles. The lowest BCUT2D eigenvalue weighted by Crippen LogP contribution is -2.56. The van der Waals surface area contributed by atoms with Gasteiger partial charge in [-0.3, -0.25) is 0 Å². The molecule has 2 N–H and O–H groups in total. The summed E-state index contributed by atoms with van der Waals surface area (Å²) in [6.07, 6.45) is 0. The SMILES string of the molecule is Bc1c(B)c(B)c2c(c1B)c1c(B)c(B(O)O)c(B)c(B)c1n2-c1ccc(-c2ccc(C#N)cc2)cc1. The zero-order valence-electron chi connectivity index (χ0n) is 22.5. The van der Waals surface area contributed by atoms with Gasteiger partial charge in [-0.15, -0.1) is 5.46 Å². The van der Waals surface area contributed by atoms with Crippen LogP contribution in [0.5, 0.6) is 0 Å². The highest BCUT2D eigenvalue weighted by Crippen LogP contribution is 2.28. The fourth-order valence-corrected chi connectivity index (χ4v) is 5.92. The van der Waals surface area contributed by atoms with Gasteiger partial charge < -0.3 is 14.6 Å². The minimum absolute atomic E-state index is 0.593. The first kappa shape index (κ1) is 25.3. The molecule has 0 atom stereocenters. The van der Waals surface area contributed by atoms with Crippen LogP contribution >= 0.6 is 0 Å². The number of rotatable bonds is 3. The van der Waals surface area contributed by atoms with Gasteiger partial charge in [0.15, 0.2) is 0 Å². The van der Waals surface area contributed by atoms with Gasteiger partial charge in [0, 0.05) is 16.7 Å². The normalized spacial score (nSPS) is 11.2. The van der Waals surface area contributed by atoms with Crippen molar-refractivity contribution < 1.29 is 10.0 Å². The third kappa shape index (κ3) is 3.72. The summed E-state index contributed by atoms with van der Waals surface area (Å²) >= 11 is 0. The summed E-state index contributed by atoms with van der Waals surface area (Å²) < 4.78 is 2.35. The summed E-state index contributed by atoms with van der Waals surface area (Å²) in [6, 6.07) is 18.4. The molecule has 0 spiro atoms. The first-order valence-electron chi connectivity index (χ1n) is 12.6. The fourth-order valence-electron chi connectivity index (χ4n) is 5.92. The lowest BCUT2D eigenvalue weighted by Gasteiger charge is -2.18. The lowest BCUT2D eigenvalue weighted by atomic mass is 9.59. The van der Waals surface area contributed by atoms with Crippen molar-refractivity contribution in [2.75, 3.05) is 0 Å². The Morgan fingerprint density at radius 1 is 0.595 bits per heavy atom. The van der Waals surface area contributed by atoms with E-state index in [-0.39, 0.29) is 0 Å². The van der Waals surface area contributed by atoms with Crippen molar-refractivity contribution in [1.82, 2.24) is 4.57 Å². The van der Waals surface area contributed by atoms with E-state index in [0.29, 0.717) is 11.0 Å². The average molecular weight is 471 g/mol. The average Bonchev–Trinajstić information content (AvgIpc) is 3.26. The standard InChI is InChI=1S/C25H24B8N2O2/c26-16-14-15-17(27)23(33(36)37)20(30)22(32)25(15)35(24(14)21(31)19(29)18(16)28)13-7-5-12(6-8-13)11-3-1-10(9-34)2-4-11/h1-8,36-37H,26-32H2. The largest absolute Gasteiger partial charge is 0.487 e. The highest BCUT2D eigenvalue weighted by atomic mass is 16.4. The Morgan fingerprint density at radius 3 is 1.57 bits per heavy atom. The van der Waals surface area contributed by atoms with E-state index in [1.807, 2.05) is 40.0 Å². The third-order valence-electron chi connectivity index (χ3n) is 8.42. The Bertz CT molecular complexity index is 1770. The molecule has 0 aliphatic rings. The Labute approximate surface area is 224 Å². The van der Waals surface area contributed by atoms with Crippen LogP contribution in [-0.2, 0) is 0 Å². The van der Waals surface area contributed by atoms with Gasteiger partial charge in [-0.2, -0.15) is 5.26 Å². The molecular formula is C25H24B8N2O2. The van der Waals surface area contributed by atoms with Crippen LogP contribution in [0.3, 0.4) is 0 Å². The van der Waals surface area contributed by atoms with E-state index in [2.05, 4.69) is 74.1 Å². The lowest BCUT2D eigenvalue weighted by molar-refractivity contribution is 0.426. The number of nitrogens with zero attached hydrogens (tertiary/aromatic N) is 2. The van der Waals surface area contributed by atoms with Gasteiger partial charge in [0.2, 0.25) is 0 Å². The maximum atomic E-state index is 10.3. The summed E-state index contributed by atoms with van der Waals surface area (Å²) in [5, 5.41) is 32.0. The molecule has 37 heavy (non-hydrogen) atoms. The van der Waals surface area contributed by atoms with Crippen LogP contribution in [0.15, 0.2) is 48.5 Å². The van der Waals surface area contributed by atoms with E-state index in [9.17, 15) is 10.0 Å². The highest BCUT2D eigenvalue weighted by molar-refractivity contribution is 6.76. The second kappa shape index (κ2) is 9.17. The van der Waals surface area contributed by atoms with Gasteiger partial charge in [0.25, 0.3) is 0 Å². The Hall–Kier alpha value is -3.39. The minimum Gasteiger partial charge on any atom is -0.423 e. The van der Waals surface area contributed by atoms with Crippen molar-refractivity contribution in [2.45, 2.75) is 0 Å². The molecule has 12 heteroatoms. The molecule has 170 valence electrons. The number of aromatic nitrogens is 1. The molecule has 1 aromatic heterocycles. The molecule has 0 unspecified atom stereocenters. The third-order valence-corrected chi connectivity index (χ3v) is 8.42. The monoisotopic (exact) mass is 472 g/mol. The van der Waals surface area contributed by atoms with Crippen molar-refractivity contribution in [3.05, 3.63) is 54.1 Å². The molecule has 0 saturated carbocycles. The van der Waals surface area contributed by atoms with Crippen LogP contribution in [0.2, 0.25) is 0 Å². The molecule has 0 aliphatic heterocycles. The van der Waals surface area contributed by atoms with Crippen LogP contribution < -0.4 is 43.7 Å². The zero-order chi connectivity index (χ0) is 26.8. The molecule has 4 nitrogen and oxygen atoms in total. The molecule has 5 aromatic rings. The molecule has 0 aliphatic carbocycles. The molecule has 0 amide bonds. The molecule has 0 fully saturated rings. The maximum absolute atomic E-state index is 10.3.